The molecule has 2 aromatic rings. The van der Waals surface area contributed by atoms with Crippen LogP contribution in [0.25, 0.3) is 0 Å². The number of piperidine rings is 1. The molecule has 1 saturated heterocycles. The maximum Gasteiger partial charge on any atom is 0.227 e. The van der Waals surface area contributed by atoms with E-state index in [9.17, 15) is 22.0 Å². The summed E-state index contributed by atoms with van der Waals surface area (Å²) in [5.74, 6) is -2.28. The Morgan fingerprint density at radius 3 is 2.43 bits per heavy atom. The number of nitrogens with zero attached hydrogens (tertiary/aromatic N) is 1. The lowest BCUT2D eigenvalue weighted by molar-refractivity contribution is -0.120. The van der Waals surface area contributed by atoms with Gasteiger partial charge >= 0.3 is 0 Å². The molecule has 150 valence electrons. The fourth-order valence-corrected chi connectivity index (χ4v) is 5.04. The van der Waals surface area contributed by atoms with Gasteiger partial charge in [0.05, 0.1) is 11.4 Å². The van der Waals surface area contributed by atoms with Gasteiger partial charge in [-0.25, -0.2) is 21.5 Å². The summed E-state index contributed by atoms with van der Waals surface area (Å²) in [5.41, 5.74) is 0.205. The second-order valence-electron chi connectivity index (χ2n) is 6.63. The lowest BCUT2D eigenvalue weighted by Gasteiger charge is -2.30. The first-order valence-corrected chi connectivity index (χ1v) is 11.1. The molecule has 1 aliphatic rings. The van der Waals surface area contributed by atoms with Crippen LogP contribution in [0.3, 0.4) is 0 Å². The number of carbonyl (C=O) groups excluding carboxylic acids is 1. The zero-order chi connectivity index (χ0) is 20.3. The summed E-state index contributed by atoms with van der Waals surface area (Å²) >= 11 is 3.15. The number of nitrogens with one attached hydrogen (secondary N) is 1. The standard InChI is InChI=1S/C19H19BrF2N2O3S/c20-15-5-6-18(17(22)11-15)23-19(25)13-7-9-24(10-8-13)28(26,27)12-14-3-1-2-4-16(14)21/h1-6,11,13H,7-10,12H2,(H,23,25). The van der Waals surface area contributed by atoms with Crippen LogP contribution in [0.5, 0.6) is 0 Å². The van der Waals surface area contributed by atoms with Gasteiger partial charge in [0.2, 0.25) is 15.9 Å². The van der Waals surface area contributed by atoms with E-state index >= 15 is 0 Å². The summed E-state index contributed by atoms with van der Waals surface area (Å²) in [6, 6.07) is 10.1. The zero-order valence-electron chi connectivity index (χ0n) is 14.9. The van der Waals surface area contributed by atoms with Crippen molar-refractivity contribution in [3.8, 4) is 0 Å². The van der Waals surface area contributed by atoms with Gasteiger partial charge in [0.25, 0.3) is 0 Å². The second-order valence-corrected chi connectivity index (χ2v) is 9.52. The zero-order valence-corrected chi connectivity index (χ0v) is 17.3. The molecule has 28 heavy (non-hydrogen) atoms. The van der Waals surface area contributed by atoms with E-state index in [4.69, 9.17) is 0 Å². The minimum Gasteiger partial charge on any atom is -0.323 e. The third kappa shape index (κ3) is 4.95. The van der Waals surface area contributed by atoms with Crippen molar-refractivity contribution in [2.45, 2.75) is 18.6 Å². The Morgan fingerprint density at radius 1 is 1.11 bits per heavy atom. The van der Waals surface area contributed by atoms with Gasteiger partial charge < -0.3 is 5.32 Å². The molecular formula is C19H19BrF2N2O3S. The largest absolute Gasteiger partial charge is 0.323 e. The van der Waals surface area contributed by atoms with Gasteiger partial charge in [-0.3, -0.25) is 4.79 Å². The number of halogens is 3. The van der Waals surface area contributed by atoms with Crippen molar-refractivity contribution >= 4 is 37.5 Å². The molecule has 0 atom stereocenters. The van der Waals surface area contributed by atoms with E-state index in [1.54, 1.807) is 12.1 Å². The van der Waals surface area contributed by atoms with Gasteiger partial charge in [0.1, 0.15) is 11.6 Å². The molecule has 0 aliphatic carbocycles. The molecule has 0 aromatic heterocycles. The van der Waals surface area contributed by atoms with Crippen molar-refractivity contribution in [3.05, 3.63) is 64.1 Å². The highest BCUT2D eigenvalue weighted by Crippen LogP contribution is 2.25. The molecule has 1 N–H and O–H groups in total. The monoisotopic (exact) mass is 472 g/mol. The van der Waals surface area contributed by atoms with Crippen molar-refractivity contribution in [3.63, 3.8) is 0 Å². The van der Waals surface area contributed by atoms with E-state index in [0.717, 1.165) is 0 Å². The normalized spacial score (nSPS) is 16.1. The van der Waals surface area contributed by atoms with Crippen LogP contribution < -0.4 is 5.32 Å². The summed E-state index contributed by atoms with van der Waals surface area (Å²) in [5, 5.41) is 2.56. The van der Waals surface area contributed by atoms with Crippen LogP contribution in [0, 0.1) is 17.6 Å². The van der Waals surface area contributed by atoms with Crippen molar-refractivity contribution in [1.82, 2.24) is 4.31 Å². The molecule has 1 fully saturated rings. The average molecular weight is 473 g/mol. The third-order valence-corrected chi connectivity index (χ3v) is 7.02. The smallest absolute Gasteiger partial charge is 0.227 e. The SMILES string of the molecule is O=C(Nc1ccc(Br)cc1F)C1CCN(S(=O)(=O)Cc2ccccc2F)CC1. The van der Waals surface area contributed by atoms with Gasteiger partial charge in [-0.1, -0.05) is 34.1 Å². The Balaban J connectivity index is 1.59. The quantitative estimate of drug-likeness (QED) is 0.717. The number of anilines is 1. The molecular weight excluding hydrogens is 454 g/mol. The number of sulfonamides is 1. The highest BCUT2D eigenvalue weighted by atomic mass is 79.9. The fraction of sp³-hybridized carbons (Fsp3) is 0.316. The number of benzene rings is 2. The molecule has 0 saturated carbocycles. The Labute approximate surface area is 170 Å². The molecule has 1 heterocycles. The Bertz CT molecular complexity index is 977. The Hall–Kier alpha value is -1.84. The summed E-state index contributed by atoms with van der Waals surface area (Å²) < 4.78 is 54.6. The highest BCUT2D eigenvalue weighted by molar-refractivity contribution is 9.10. The van der Waals surface area contributed by atoms with Crippen molar-refractivity contribution in [1.29, 1.82) is 0 Å². The highest BCUT2D eigenvalue weighted by Gasteiger charge is 2.31. The van der Waals surface area contributed by atoms with E-state index in [0.29, 0.717) is 17.3 Å². The van der Waals surface area contributed by atoms with Gasteiger partial charge in [-0.2, -0.15) is 0 Å². The summed E-state index contributed by atoms with van der Waals surface area (Å²) in [4.78, 5) is 12.4. The molecule has 3 rings (SSSR count). The van der Waals surface area contributed by atoms with Gasteiger partial charge in [-0.15, -0.1) is 0 Å². The van der Waals surface area contributed by atoms with Crippen LogP contribution in [0.4, 0.5) is 14.5 Å². The maximum absolute atomic E-state index is 13.9. The number of hydrogen-bond acceptors (Lipinski definition) is 3. The minimum atomic E-state index is -3.68. The van der Waals surface area contributed by atoms with Crippen LogP contribution in [0.15, 0.2) is 46.9 Å². The second kappa shape index (κ2) is 8.67. The molecule has 0 spiro atoms. The number of amides is 1. The molecule has 5 nitrogen and oxygen atoms in total. The van der Waals surface area contributed by atoms with Crippen LogP contribution >= 0.6 is 15.9 Å². The lowest BCUT2D eigenvalue weighted by atomic mass is 9.97. The Kier molecular flexibility index (Phi) is 6.47. The topological polar surface area (TPSA) is 66.5 Å². The minimum absolute atomic E-state index is 0.0859. The van der Waals surface area contributed by atoms with Gasteiger partial charge in [0, 0.05) is 29.0 Å². The van der Waals surface area contributed by atoms with Crippen molar-refractivity contribution in [2.24, 2.45) is 5.92 Å². The van der Waals surface area contributed by atoms with E-state index in [-0.39, 0.29) is 30.2 Å². The molecule has 0 unspecified atom stereocenters. The van der Waals surface area contributed by atoms with Crippen LogP contribution in [-0.4, -0.2) is 31.7 Å². The summed E-state index contributed by atoms with van der Waals surface area (Å²) in [6.45, 7) is 0.329. The number of rotatable bonds is 5. The Morgan fingerprint density at radius 2 is 1.79 bits per heavy atom. The van der Waals surface area contributed by atoms with Crippen LogP contribution in [0.1, 0.15) is 18.4 Å². The predicted molar refractivity (Wildman–Crippen MR) is 106 cm³/mol. The molecule has 0 bridgehead atoms. The predicted octanol–water partition coefficient (Wildman–Crippen LogP) is 3.91. The van der Waals surface area contributed by atoms with Crippen molar-refractivity contribution < 1.29 is 22.0 Å². The number of hydrogen-bond donors (Lipinski definition) is 1. The van der Waals surface area contributed by atoms with Gasteiger partial charge in [0.15, 0.2) is 0 Å². The summed E-state index contributed by atoms with van der Waals surface area (Å²) in [7, 11) is -3.68. The first-order valence-electron chi connectivity index (χ1n) is 8.73. The van der Waals surface area contributed by atoms with Crippen LogP contribution in [-0.2, 0) is 20.6 Å². The maximum atomic E-state index is 13.9. The molecule has 1 aliphatic heterocycles. The third-order valence-electron chi connectivity index (χ3n) is 4.70. The molecule has 1 amide bonds. The first-order chi connectivity index (χ1) is 13.3. The van der Waals surface area contributed by atoms with E-state index in [1.807, 2.05) is 0 Å². The average Bonchev–Trinajstić information content (AvgIpc) is 2.66. The lowest BCUT2D eigenvalue weighted by Crippen LogP contribution is -2.42. The van der Waals surface area contributed by atoms with Gasteiger partial charge in [-0.05, 0) is 37.1 Å². The molecule has 0 radical (unpaired) electrons. The van der Waals surface area contributed by atoms with E-state index in [2.05, 4.69) is 21.2 Å². The van der Waals surface area contributed by atoms with Crippen molar-refractivity contribution in [2.75, 3.05) is 18.4 Å². The van der Waals surface area contributed by atoms with Crippen LogP contribution in [0.2, 0.25) is 0 Å². The molecule has 2 aromatic carbocycles. The summed E-state index contributed by atoms with van der Waals surface area (Å²) in [6.07, 6.45) is 0.640. The fourth-order valence-electron chi connectivity index (χ4n) is 3.13. The van der Waals surface area contributed by atoms with E-state index in [1.165, 1.54) is 34.6 Å². The first kappa shape index (κ1) is 20.9. The van der Waals surface area contributed by atoms with E-state index < -0.39 is 33.3 Å². The molecule has 9 heteroatoms. The number of carbonyl (C=O) groups is 1.